The van der Waals surface area contributed by atoms with Gasteiger partial charge in [0.15, 0.2) is 0 Å². The van der Waals surface area contributed by atoms with E-state index in [2.05, 4.69) is 4.98 Å². The van der Waals surface area contributed by atoms with E-state index in [-0.39, 0.29) is 10.4 Å². The van der Waals surface area contributed by atoms with E-state index in [1.54, 1.807) is 6.07 Å². The number of aromatic nitrogens is 2. The van der Waals surface area contributed by atoms with Crippen molar-refractivity contribution >= 4 is 34.2 Å². The highest BCUT2D eigenvalue weighted by Crippen LogP contribution is 2.29. The van der Waals surface area contributed by atoms with Crippen molar-refractivity contribution in [1.82, 2.24) is 9.55 Å². The normalized spacial score (nSPS) is 20.3. The molecule has 1 saturated heterocycles. The number of hydrogen-bond donors (Lipinski definition) is 0. The van der Waals surface area contributed by atoms with E-state index in [1.165, 1.54) is 6.07 Å². The Bertz CT molecular complexity index is 651. The molecule has 0 N–H and O–H groups in total. The highest BCUT2D eigenvalue weighted by molar-refractivity contribution is 6.31. The monoisotopic (exact) mass is 330 g/mol. The molecule has 1 aromatic heterocycles. The van der Waals surface area contributed by atoms with Crippen molar-refractivity contribution in [3.8, 4) is 0 Å². The Morgan fingerprint density at radius 1 is 1.52 bits per heavy atom. The van der Waals surface area contributed by atoms with Crippen molar-refractivity contribution in [2.24, 2.45) is 5.92 Å². The number of imidazole rings is 1. The van der Waals surface area contributed by atoms with Gasteiger partial charge in [-0.25, -0.2) is 9.37 Å². The third-order valence-corrected chi connectivity index (χ3v) is 4.45. The van der Waals surface area contributed by atoms with E-state index in [0.717, 1.165) is 43.9 Å². The molecule has 2 aromatic rings. The standard InChI is InChI=1S/C15H17Cl2FN2O/c1-9(16)15-19-13-6-11(17)12(18)7-14(13)20(15)4-2-10-3-5-21-8-10/h6-7,9-10H,2-5,8H2,1H3. The van der Waals surface area contributed by atoms with E-state index < -0.39 is 5.82 Å². The SMILES string of the molecule is CC(Cl)c1nc2cc(Cl)c(F)cc2n1CCC1CCOC1. The second-order valence-corrected chi connectivity index (χ2v) is 6.57. The zero-order chi connectivity index (χ0) is 15.0. The van der Waals surface area contributed by atoms with Crippen molar-refractivity contribution in [1.29, 1.82) is 0 Å². The summed E-state index contributed by atoms with van der Waals surface area (Å²) in [6.45, 7) is 4.27. The molecule has 1 aliphatic rings. The van der Waals surface area contributed by atoms with Gasteiger partial charge in [0.05, 0.1) is 21.4 Å². The maximum absolute atomic E-state index is 13.8. The number of aryl methyl sites for hydroxylation is 1. The number of benzene rings is 1. The lowest BCUT2D eigenvalue weighted by atomic mass is 10.1. The van der Waals surface area contributed by atoms with Crippen molar-refractivity contribution in [3.63, 3.8) is 0 Å². The second-order valence-electron chi connectivity index (χ2n) is 5.51. The number of nitrogens with zero attached hydrogens (tertiary/aromatic N) is 2. The molecule has 0 spiro atoms. The lowest BCUT2D eigenvalue weighted by molar-refractivity contribution is 0.183. The summed E-state index contributed by atoms with van der Waals surface area (Å²) < 4.78 is 21.2. The van der Waals surface area contributed by atoms with Gasteiger partial charge in [0.1, 0.15) is 11.6 Å². The van der Waals surface area contributed by atoms with Gasteiger partial charge in [-0.15, -0.1) is 11.6 Å². The first kappa shape index (κ1) is 15.1. The quantitative estimate of drug-likeness (QED) is 0.768. The smallest absolute Gasteiger partial charge is 0.144 e. The Balaban J connectivity index is 1.96. The number of halogens is 3. The zero-order valence-corrected chi connectivity index (χ0v) is 13.3. The molecule has 21 heavy (non-hydrogen) atoms. The second kappa shape index (κ2) is 6.11. The Morgan fingerprint density at radius 2 is 2.33 bits per heavy atom. The first-order valence-electron chi connectivity index (χ1n) is 7.13. The number of fused-ring (bicyclic) bond motifs is 1. The summed E-state index contributed by atoms with van der Waals surface area (Å²) in [5.74, 6) is 0.883. The highest BCUT2D eigenvalue weighted by atomic mass is 35.5. The molecule has 2 unspecified atom stereocenters. The number of alkyl halides is 1. The lowest BCUT2D eigenvalue weighted by Crippen LogP contribution is -2.09. The molecule has 3 nitrogen and oxygen atoms in total. The lowest BCUT2D eigenvalue weighted by Gasteiger charge is -2.13. The Morgan fingerprint density at radius 3 is 3.00 bits per heavy atom. The number of rotatable bonds is 4. The van der Waals surface area contributed by atoms with Crippen LogP contribution in [0.3, 0.4) is 0 Å². The number of hydrogen-bond acceptors (Lipinski definition) is 2. The van der Waals surface area contributed by atoms with Gasteiger partial charge < -0.3 is 9.30 Å². The molecule has 114 valence electrons. The molecule has 1 aliphatic heterocycles. The van der Waals surface area contributed by atoms with E-state index in [0.29, 0.717) is 11.4 Å². The third kappa shape index (κ3) is 3.03. The minimum Gasteiger partial charge on any atom is -0.381 e. The van der Waals surface area contributed by atoms with Crippen LogP contribution in [0.4, 0.5) is 4.39 Å². The van der Waals surface area contributed by atoms with Crippen LogP contribution in [0.25, 0.3) is 11.0 Å². The first-order valence-corrected chi connectivity index (χ1v) is 7.94. The fraction of sp³-hybridized carbons (Fsp3) is 0.533. The van der Waals surface area contributed by atoms with Crippen LogP contribution in [-0.2, 0) is 11.3 Å². The number of ether oxygens (including phenoxy) is 1. The Labute approximate surface area is 133 Å². The van der Waals surface area contributed by atoms with Crippen LogP contribution in [0.2, 0.25) is 5.02 Å². The highest BCUT2D eigenvalue weighted by Gasteiger charge is 2.20. The Kier molecular flexibility index (Phi) is 4.38. The van der Waals surface area contributed by atoms with Crippen LogP contribution in [0.15, 0.2) is 12.1 Å². The van der Waals surface area contributed by atoms with Crippen molar-refractivity contribution in [2.45, 2.75) is 31.7 Å². The average molecular weight is 331 g/mol. The van der Waals surface area contributed by atoms with Gasteiger partial charge in [-0.3, -0.25) is 0 Å². The van der Waals surface area contributed by atoms with Crippen LogP contribution in [0.5, 0.6) is 0 Å². The van der Waals surface area contributed by atoms with Gasteiger partial charge in [-0.2, -0.15) is 0 Å². The molecule has 1 aromatic carbocycles. The van der Waals surface area contributed by atoms with Gasteiger partial charge in [-0.1, -0.05) is 11.6 Å². The maximum atomic E-state index is 13.8. The summed E-state index contributed by atoms with van der Waals surface area (Å²) in [4.78, 5) is 4.51. The predicted molar refractivity (Wildman–Crippen MR) is 82.5 cm³/mol. The Hall–Kier alpha value is -0.840. The van der Waals surface area contributed by atoms with E-state index in [1.807, 2.05) is 11.5 Å². The fourth-order valence-electron chi connectivity index (χ4n) is 2.80. The molecule has 3 rings (SSSR count). The van der Waals surface area contributed by atoms with E-state index >= 15 is 0 Å². The summed E-state index contributed by atoms with van der Waals surface area (Å²) in [6, 6.07) is 3.00. The van der Waals surface area contributed by atoms with Gasteiger partial charge >= 0.3 is 0 Å². The summed E-state index contributed by atoms with van der Waals surface area (Å²) in [7, 11) is 0. The largest absolute Gasteiger partial charge is 0.381 e. The molecule has 0 amide bonds. The third-order valence-electron chi connectivity index (χ3n) is 3.96. The van der Waals surface area contributed by atoms with E-state index in [9.17, 15) is 4.39 Å². The van der Waals surface area contributed by atoms with Gasteiger partial charge in [0.25, 0.3) is 0 Å². The van der Waals surface area contributed by atoms with E-state index in [4.69, 9.17) is 27.9 Å². The van der Waals surface area contributed by atoms with Gasteiger partial charge in [0.2, 0.25) is 0 Å². The van der Waals surface area contributed by atoms with Crippen LogP contribution in [0, 0.1) is 11.7 Å². The van der Waals surface area contributed by atoms with Crippen LogP contribution in [-0.4, -0.2) is 22.8 Å². The van der Waals surface area contributed by atoms with Crippen LogP contribution >= 0.6 is 23.2 Å². The molecule has 6 heteroatoms. The molecule has 0 radical (unpaired) electrons. The fourth-order valence-corrected chi connectivity index (χ4v) is 3.12. The molecule has 0 aliphatic carbocycles. The topological polar surface area (TPSA) is 27.1 Å². The van der Waals surface area contributed by atoms with Gasteiger partial charge in [-0.05, 0) is 31.7 Å². The molecule has 1 fully saturated rings. The first-order chi connectivity index (χ1) is 10.1. The van der Waals surface area contributed by atoms with Gasteiger partial charge in [0, 0.05) is 25.8 Å². The molecule has 2 heterocycles. The molecular weight excluding hydrogens is 314 g/mol. The molecular formula is C15H17Cl2FN2O. The molecule has 2 atom stereocenters. The molecule has 0 saturated carbocycles. The predicted octanol–water partition coefficient (Wildman–Crippen LogP) is 4.56. The summed E-state index contributed by atoms with van der Waals surface area (Å²) in [5.41, 5.74) is 1.44. The van der Waals surface area contributed by atoms with Crippen molar-refractivity contribution in [2.75, 3.05) is 13.2 Å². The van der Waals surface area contributed by atoms with Crippen LogP contribution < -0.4 is 0 Å². The minimum absolute atomic E-state index is 0.0881. The maximum Gasteiger partial charge on any atom is 0.144 e. The molecule has 0 bridgehead atoms. The average Bonchev–Trinajstić information content (AvgIpc) is 3.05. The summed E-state index contributed by atoms with van der Waals surface area (Å²) >= 11 is 12.1. The summed E-state index contributed by atoms with van der Waals surface area (Å²) in [6.07, 6.45) is 2.06. The summed E-state index contributed by atoms with van der Waals surface area (Å²) in [5, 5.41) is -0.149. The minimum atomic E-state index is -0.428. The van der Waals surface area contributed by atoms with Crippen molar-refractivity contribution in [3.05, 3.63) is 28.8 Å². The zero-order valence-electron chi connectivity index (χ0n) is 11.8. The van der Waals surface area contributed by atoms with Crippen LogP contribution in [0.1, 0.15) is 31.0 Å². The van der Waals surface area contributed by atoms with Crippen molar-refractivity contribution < 1.29 is 9.13 Å².